The molecule has 1 atom stereocenters. The van der Waals surface area contributed by atoms with Gasteiger partial charge in [0.15, 0.2) is 4.80 Å². The Bertz CT molecular complexity index is 1440. The van der Waals surface area contributed by atoms with Gasteiger partial charge in [-0.05, 0) is 30.7 Å². The fraction of sp³-hybridized carbons (Fsp3) is 0.240. The van der Waals surface area contributed by atoms with Gasteiger partial charge in [0.2, 0.25) is 0 Å². The van der Waals surface area contributed by atoms with Gasteiger partial charge in [-0.1, -0.05) is 59.3 Å². The number of ether oxygens (including phenoxy) is 3. The zero-order valence-electron chi connectivity index (χ0n) is 18.9. The molecule has 2 heterocycles. The van der Waals surface area contributed by atoms with E-state index < -0.39 is 12.0 Å². The fourth-order valence-corrected chi connectivity index (χ4v) is 5.07. The van der Waals surface area contributed by atoms with Gasteiger partial charge in [0, 0.05) is 17.7 Å². The smallest absolute Gasteiger partial charge is 0.338 e. The molecule has 0 aliphatic carbocycles. The maximum atomic E-state index is 13.7. The molecule has 0 saturated carbocycles. The molecule has 1 aromatic heterocycles. The number of nitrogens with zero attached hydrogens (tertiary/aromatic N) is 2. The SMILES string of the molecule is COCCOC(=O)C1=C(C)N=c2s/c(=C\c3ccccc3OC)c(=O)n2[C@@H]1c1ccccc1Cl. The Labute approximate surface area is 205 Å². The van der Waals surface area contributed by atoms with Gasteiger partial charge >= 0.3 is 5.97 Å². The number of halogens is 1. The number of methoxy groups -OCH3 is 2. The predicted octanol–water partition coefficient (Wildman–Crippen LogP) is 3.09. The molecule has 7 nitrogen and oxygen atoms in total. The highest BCUT2D eigenvalue weighted by Gasteiger charge is 2.34. The number of rotatable bonds is 7. The molecular formula is C25H23ClN2O5S. The number of carbonyl (C=O) groups is 1. The Hall–Kier alpha value is -3.20. The minimum absolute atomic E-state index is 0.0829. The molecule has 0 bridgehead atoms. The van der Waals surface area contributed by atoms with E-state index in [4.69, 9.17) is 25.8 Å². The Morgan fingerprint density at radius 1 is 1.15 bits per heavy atom. The molecule has 0 fully saturated rings. The Morgan fingerprint density at radius 2 is 1.88 bits per heavy atom. The molecule has 176 valence electrons. The molecule has 0 spiro atoms. The van der Waals surface area contributed by atoms with Crippen LogP contribution < -0.4 is 19.6 Å². The van der Waals surface area contributed by atoms with E-state index >= 15 is 0 Å². The van der Waals surface area contributed by atoms with Gasteiger partial charge in [0.25, 0.3) is 5.56 Å². The number of carbonyl (C=O) groups excluding carboxylic acids is 1. The molecule has 0 N–H and O–H groups in total. The van der Waals surface area contributed by atoms with Crippen molar-refractivity contribution < 1.29 is 19.0 Å². The highest BCUT2D eigenvalue weighted by molar-refractivity contribution is 7.07. The van der Waals surface area contributed by atoms with Crippen LogP contribution in [0.3, 0.4) is 0 Å². The van der Waals surface area contributed by atoms with Crippen LogP contribution in [-0.2, 0) is 14.3 Å². The van der Waals surface area contributed by atoms with E-state index in [0.29, 0.717) is 31.4 Å². The van der Waals surface area contributed by atoms with Crippen molar-refractivity contribution in [1.29, 1.82) is 0 Å². The summed E-state index contributed by atoms with van der Waals surface area (Å²) >= 11 is 7.78. The summed E-state index contributed by atoms with van der Waals surface area (Å²) in [7, 11) is 3.11. The topological polar surface area (TPSA) is 79.1 Å². The van der Waals surface area contributed by atoms with Crippen LogP contribution in [0.1, 0.15) is 24.1 Å². The van der Waals surface area contributed by atoms with Crippen molar-refractivity contribution >= 4 is 35.0 Å². The van der Waals surface area contributed by atoms with Gasteiger partial charge in [-0.15, -0.1) is 0 Å². The van der Waals surface area contributed by atoms with Crippen LogP contribution in [0, 0.1) is 0 Å². The number of thiazole rings is 1. The van der Waals surface area contributed by atoms with Gasteiger partial charge < -0.3 is 14.2 Å². The third-order valence-electron chi connectivity index (χ3n) is 5.39. The number of esters is 1. The molecular weight excluding hydrogens is 476 g/mol. The largest absolute Gasteiger partial charge is 0.496 e. The molecule has 0 unspecified atom stereocenters. The molecule has 1 aliphatic heterocycles. The summed E-state index contributed by atoms with van der Waals surface area (Å²) in [6.45, 7) is 2.07. The third kappa shape index (κ3) is 4.57. The van der Waals surface area contributed by atoms with Gasteiger partial charge in [-0.2, -0.15) is 0 Å². The van der Waals surface area contributed by atoms with Crippen LogP contribution in [0.2, 0.25) is 5.02 Å². The lowest BCUT2D eigenvalue weighted by Crippen LogP contribution is -2.40. The Balaban J connectivity index is 1.92. The van der Waals surface area contributed by atoms with E-state index in [1.165, 1.54) is 23.0 Å². The van der Waals surface area contributed by atoms with E-state index in [-0.39, 0.29) is 24.3 Å². The zero-order valence-corrected chi connectivity index (χ0v) is 20.5. The predicted molar refractivity (Wildman–Crippen MR) is 131 cm³/mol. The summed E-state index contributed by atoms with van der Waals surface area (Å²) in [4.78, 5) is 31.8. The van der Waals surface area contributed by atoms with Crippen molar-refractivity contribution in [2.45, 2.75) is 13.0 Å². The molecule has 3 aromatic rings. The average molecular weight is 499 g/mol. The molecule has 34 heavy (non-hydrogen) atoms. The van der Waals surface area contributed by atoms with Crippen LogP contribution in [0.5, 0.6) is 5.75 Å². The highest BCUT2D eigenvalue weighted by Crippen LogP contribution is 2.34. The van der Waals surface area contributed by atoms with E-state index in [1.54, 1.807) is 38.3 Å². The van der Waals surface area contributed by atoms with E-state index in [9.17, 15) is 9.59 Å². The second kappa shape index (κ2) is 10.4. The summed E-state index contributed by atoms with van der Waals surface area (Å²) in [6, 6.07) is 13.8. The van der Waals surface area contributed by atoms with Crippen LogP contribution >= 0.6 is 22.9 Å². The Morgan fingerprint density at radius 3 is 2.62 bits per heavy atom. The number of aromatic nitrogens is 1. The van der Waals surface area contributed by atoms with E-state index in [0.717, 1.165) is 5.56 Å². The molecule has 0 amide bonds. The van der Waals surface area contributed by atoms with Gasteiger partial charge in [-0.25, -0.2) is 9.79 Å². The number of hydrogen-bond acceptors (Lipinski definition) is 7. The van der Waals surface area contributed by atoms with Crippen molar-refractivity contribution in [1.82, 2.24) is 4.57 Å². The molecule has 2 aromatic carbocycles. The monoisotopic (exact) mass is 498 g/mol. The first-order valence-electron chi connectivity index (χ1n) is 10.5. The van der Waals surface area contributed by atoms with Crippen LogP contribution in [-0.4, -0.2) is 38.0 Å². The first-order chi connectivity index (χ1) is 16.5. The lowest BCUT2D eigenvalue weighted by Gasteiger charge is -2.25. The van der Waals surface area contributed by atoms with Crippen molar-refractivity contribution in [3.05, 3.63) is 95.6 Å². The van der Waals surface area contributed by atoms with Gasteiger partial charge in [0.1, 0.15) is 18.4 Å². The average Bonchev–Trinajstić information content (AvgIpc) is 3.13. The second-order valence-corrected chi connectivity index (χ2v) is 8.89. The van der Waals surface area contributed by atoms with Gasteiger partial charge in [-0.3, -0.25) is 9.36 Å². The van der Waals surface area contributed by atoms with Crippen molar-refractivity contribution in [3.63, 3.8) is 0 Å². The zero-order chi connectivity index (χ0) is 24.2. The van der Waals surface area contributed by atoms with Crippen molar-refractivity contribution in [3.8, 4) is 5.75 Å². The lowest BCUT2D eigenvalue weighted by molar-refractivity contribution is -0.140. The summed E-state index contributed by atoms with van der Waals surface area (Å²) in [6.07, 6.45) is 1.77. The second-order valence-electron chi connectivity index (χ2n) is 7.47. The molecule has 4 rings (SSSR count). The molecule has 9 heteroatoms. The van der Waals surface area contributed by atoms with E-state index in [1.807, 2.05) is 30.3 Å². The van der Waals surface area contributed by atoms with Crippen molar-refractivity contribution in [2.75, 3.05) is 27.4 Å². The normalized spacial score (nSPS) is 15.6. The number of para-hydroxylation sites is 1. The summed E-state index contributed by atoms with van der Waals surface area (Å²) in [5.74, 6) is 0.0804. The van der Waals surface area contributed by atoms with Crippen LogP contribution in [0.25, 0.3) is 6.08 Å². The quantitative estimate of drug-likeness (QED) is 0.369. The maximum Gasteiger partial charge on any atom is 0.338 e. The fourth-order valence-electron chi connectivity index (χ4n) is 3.80. The lowest BCUT2D eigenvalue weighted by atomic mass is 9.96. The van der Waals surface area contributed by atoms with E-state index in [2.05, 4.69) is 4.99 Å². The Kier molecular flexibility index (Phi) is 7.31. The molecule has 0 saturated heterocycles. The number of benzene rings is 2. The highest BCUT2D eigenvalue weighted by atomic mass is 35.5. The number of allylic oxidation sites excluding steroid dienone is 1. The molecule has 0 radical (unpaired) electrons. The van der Waals surface area contributed by atoms with Crippen molar-refractivity contribution in [2.24, 2.45) is 4.99 Å². The van der Waals surface area contributed by atoms with Gasteiger partial charge in [0.05, 0.1) is 29.5 Å². The minimum Gasteiger partial charge on any atom is -0.496 e. The van der Waals surface area contributed by atoms with Crippen LogP contribution in [0.15, 0.2) is 69.6 Å². The summed E-state index contributed by atoms with van der Waals surface area (Å²) < 4.78 is 17.8. The maximum absolute atomic E-state index is 13.7. The standard InChI is InChI=1S/C25H23ClN2O5S/c1-15-21(24(30)33-13-12-31-2)22(17-9-5-6-10-18(17)26)28-23(29)20(34-25(28)27-15)14-16-8-4-7-11-19(16)32-3/h4-11,14,22H,12-13H2,1-3H3/b20-14-/t22-/m1/s1. The first-order valence-corrected chi connectivity index (χ1v) is 11.7. The number of fused-ring (bicyclic) bond motifs is 1. The minimum atomic E-state index is -0.778. The summed E-state index contributed by atoms with van der Waals surface area (Å²) in [5.41, 5.74) is 1.83. The number of hydrogen-bond donors (Lipinski definition) is 0. The molecule has 1 aliphatic rings. The third-order valence-corrected chi connectivity index (χ3v) is 6.71. The first kappa shape index (κ1) is 23.9. The summed E-state index contributed by atoms with van der Waals surface area (Å²) in [5, 5.41) is 0.434. The van der Waals surface area contributed by atoms with Crippen LogP contribution in [0.4, 0.5) is 0 Å².